The van der Waals surface area contributed by atoms with Crippen molar-refractivity contribution >= 4 is 17.5 Å². The van der Waals surface area contributed by atoms with Gasteiger partial charge >= 0.3 is 0 Å². The summed E-state index contributed by atoms with van der Waals surface area (Å²) in [5.41, 5.74) is 0. The minimum absolute atomic E-state index is 0.0474. The zero-order chi connectivity index (χ0) is 15.7. The van der Waals surface area contributed by atoms with Crippen LogP contribution in [0.5, 0.6) is 0 Å². The van der Waals surface area contributed by atoms with E-state index in [9.17, 15) is 4.79 Å². The van der Waals surface area contributed by atoms with Crippen molar-refractivity contribution in [3.63, 3.8) is 0 Å². The number of methoxy groups -OCH3 is 1. The molecule has 1 heterocycles. The summed E-state index contributed by atoms with van der Waals surface area (Å²) in [6.45, 7) is 7.57. The highest BCUT2D eigenvalue weighted by atomic mass is 16.5. The molecule has 0 spiro atoms. The first-order valence-corrected chi connectivity index (χ1v) is 7.25. The van der Waals surface area contributed by atoms with Crippen molar-refractivity contribution in [2.75, 3.05) is 30.8 Å². The van der Waals surface area contributed by atoms with Gasteiger partial charge in [-0.15, -0.1) is 0 Å². The van der Waals surface area contributed by atoms with Crippen LogP contribution in [-0.4, -0.2) is 42.1 Å². The molecule has 1 atom stereocenters. The van der Waals surface area contributed by atoms with E-state index in [1.807, 2.05) is 13.8 Å². The minimum Gasteiger partial charge on any atom is -0.377 e. The van der Waals surface area contributed by atoms with Gasteiger partial charge in [-0.05, 0) is 20.3 Å². The van der Waals surface area contributed by atoms with E-state index in [1.165, 1.54) is 0 Å². The van der Waals surface area contributed by atoms with Gasteiger partial charge in [0.25, 0.3) is 0 Å². The first kappa shape index (κ1) is 17.2. The molecule has 0 aliphatic carbocycles. The summed E-state index contributed by atoms with van der Waals surface area (Å²) in [5, 5.41) is 9.07. The second-order valence-electron chi connectivity index (χ2n) is 4.68. The minimum atomic E-state index is -0.365. The molecular formula is C14H25N5O2. The van der Waals surface area contributed by atoms with Crippen molar-refractivity contribution in [1.82, 2.24) is 15.3 Å². The quantitative estimate of drug-likeness (QED) is 0.638. The standard InChI is InChI=1S/C14H25N5O2/c1-5-7-16-14(20)10(3)17-12-8-11(15-6-2)18-13(19-12)9-21-4/h8,10H,5-7,9H2,1-4H3,(H,16,20)(H2,15,17,18,19). The molecule has 21 heavy (non-hydrogen) atoms. The van der Waals surface area contributed by atoms with Crippen LogP contribution in [0.15, 0.2) is 6.07 Å². The molecule has 0 saturated heterocycles. The van der Waals surface area contributed by atoms with Gasteiger partial charge in [0.2, 0.25) is 5.91 Å². The number of anilines is 2. The summed E-state index contributed by atoms with van der Waals surface area (Å²) in [4.78, 5) is 20.5. The third-order valence-corrected chi connectivity index (χ3v) is 2.71. The summed E-state index contributed by atoms with van der Waals surface area (Å²) in [5.74, 6) is 1.84. The molecule has 7 heteroatoms. The van der Waals surface area contributed by atoms with Crippen molar-refractivity contribution in [3.05, 3.63) is 11.9 Å². The molecule has 1 aromatic rings. The molecular weight excluding hydrogens is 270 g/mol. The van der Waals surface area contributed by atoms with Crippen LogP contribution in [0.3, 0.4) is 0 Å². The fourth-order valence-corrected chi connectivity index (χ4v) is 1.73. The maximum absolute atomic E-state index is 11.9. The van der Waals surface area contributed by atoms with E-state index in [0.717, 1.165) is 13.0 Å². The van der Waals surface area contributed by atoms with E-state index >= 15 is 0 Å². The third kappa shape index (κ3) is 5.95. The second kappa shape index (κ2) is 9.12. The predicted molar refractivity (Wildman–Crippen MR) is 83.3 cm³/mol. The van der Waals surface area contributed by atoms with Crippen molar-refractivity contribution in [2.24, 2.45) is 0 Å². The van der Waals surface area contributed by atoms with Gasteiger partial charge in [-0.25, -0.2) is 9.97 Å². The monoisotopic (exact) mass is 295 g/mol. The van der Waals surface area contributed by atoms with E-state index in [4.69, 9.17) is 4.74 Å². The summed E-state index contributed by atoms with van der Waals surface area (Å²) < 4.78 is 5.06. The number of amides is 1. The Bertz CT molecular complexity index is 429. The summed E-state index contributed by atoms with van der Waals surface area (Å²) in [6, 6.07) is 1.42. The number of hydrogen-bond acceptors (Lipinski definition) is 6. The van der Waals surface area contributed by atoms with E-state index in [1.54, 1.807) is 20.1 Å². The lowest BCUT2D eigenvalue weighted by atomic mass is 10.3. The molecule has 1 rings (SSSR count). The molecule has 0 aromatic carbocycles. The average molecular weight is 295 g/mol. The number of ether oxygens (including phenoxy) is 1. The maximum Gasteiger partial charge on any atom is 0.242 e. The van der Waals surface area contributed by atoms with Gasteiger partial charge in [0.1, 0.15) is 24.3 Å². The highest BCUT2D eigenvalue weighted by Crippen LogP contribution is 2.13. The van der Waals surface area contributed by atoms with Gasteiger partial charge in [-0.3, -0.25) is 4.79 Å². The van der Waals surface area contributed by atoms with E-state index < -0.39 is 0 Å². The Kier molecular flexibility index (Phi) is 7.45. The number of nitrogens with one attached hydrogen (secondary N) is 3. The number of hydrogen-bond donors (Lipinski definition) is 3. The Morgan fingerprint density at radius 3 is 2.67 bits per heavy atom. The smallest absolute Gasteiger partial charge is 0.242 e. The molecule has 0 saturated carbocycles. The van der Waals surface area contributed by atoms with Crippen LogP contribution in [0.2, 0.25) is 0 Å². The van der Waals surface area contributed by atoms with Gasteiger partial charge in [-0.2, -0.15) is 0 Å². The molecule has 7 nitrogen and oxygen atoms in total. The molecule has 0 aliphatic rings. The van der Waals surface area contributed by atoms with Crippen molar-refractivity contribution in [1.29, 1.82) is 0 Å². The fourth-order valence-electron chi connectivity index (χ4n) is 1.73. The number of carbonyl (C=O) groups is 1. The van der Waals surface area contributed by atoms with E-state index in [-0.39, 0.29) is 11.9 Å². The summed E-state index contributed by atoms with van der Waals surface area (Å²) >= 11 is 0. The molecule has 0 bridgehead atoms. The van der Waals surface area contributed by atoms with Crippen LogP contribution in [-0.2, 0) is 16.1 Å². The predicted octanol–water partition coefficient (Wildman–Crippen LogP) is 1.38. The van der Waals surface area contributed by atoms with E-state index in [2.05, 4.69) is 25.9 Å². The Labute approximate surface area is 125 Å². The van der Waals surface area contributed by atoms with Crippen LogP contribution in [0.4, 0.5) is 11.6 Å². The molecule has 0 radical (unpaired) electrons. The number of rotatable bonds is 9. The van der Waals surface area contributed by atoms with Crippen LogP contribution in [0.1, 0.15) is 33.0 Å². The molecule has 1 aromatic heterocycles. The lowest BCUT2D eigenvalue weighted by Gasteiger charge is -2.16. The van der Waals surface area contributed by atoms with Crippen molar-refractivity contribution in [2.45, 2.75) is 39.8 Å². The molecule has 0 fully saturated rings. The van der Waals surface area contributed by atoms with Crippen LogP contribution >= 0.6 is 0 Å². The maximum atomic E-state index is 11.9. The zero-order valence-electron chi connectivity index (χ0n) is 13.2. The topological polar surface area (TPSA) is 88.2 Å². The lowest BCUT2D eigenvalue weighted by molar-refractivity contribution is -0.121. The Morgan fingerprint density at radius 1 is 1.33 bits per heavy atom. The van der Waals surface area contributed by atoms with Crippen LogP contribution in [0, 0.1) is 0 Å². The van der Waals surface area contributed by atoms with Crippen molar-refractivity contribution in [3.8, 4) is 0 Å². The molecule has 0 aliphatic heterocycles. The highest BCUT2D eigenvalue weighted by molar-refractivity contribution is 5.83. The number of aromatic nitrogens is 2. The first-order valence-electron chi connectivity index (χ1n) is 7.25. The largest absolute Gasteiger partial charge is 0.377 e. The Morgan fingerprint density at radius 2 is 2.05 bits per heavy atom. The molecule has 118 valence electrons. The van der Waals surface area contributed by atoms with Gasteiger partial charge in [0.15, 0.2) is 5.82 Å². The van der Waals surface area contributed by atoms with E-state index in [0.29, 0.717) is 30.6 Å². The summed E-state index contributed by atoms with van der Waals surface area (Å²) in [6.07, 6.45) is 0.911. The van der Waals surface area contributed by atoms with Gasteiger partial charge in [0.05, 0.1) is 0 Å². The third-order valence-electron chi connectivity index (χ3n) is 2.71. The SMILES string of the molecule is CCCNC(=O)C(C)Nc1cc(NCC)nc(COC)n1. The normalized spacial score (nSPS) is 11.8. The number of nitrogens with zero attached hydrogens (tertiary/aromatic N) is 2. The fraction of sp³-hybridized carbons (Fsp3) is 0.643. The Balaban J connectivity index is 2.78. The molecule has 1 amide bonds. The highest BCUT2D eigenvalue weighted by Gasteiger charge is 2.13. The molecule has 3 N–H and O–H groups in total. The Hall–Kier alpha value is -1.89. The van der Waals surface area contributed by atoms with Crippen molar-refractivity contribution < 1.29 is 9.53 Å². The summed E-state index contributed by atoms with van der Waals surface area (Å²) in [7, 11) is 1.59. The van der Waals surface area contributed by atoms with Gasteiger partial charge in [0, 0.05) is 26.3 Å². The zero-order valence-corrected chi connectivity index (χ0v) is 13.2. The molecule has 1 unspecified atom stereocenters. The van der Waals surface area contributed by atoms with Gasteiger partial charge in [-0.1, -0.05) is 6.92 Å². The first-order chi connectivity index (χ1) is 10.1. The van der Waals surface area contributed by atoms with Gasteiger partial charge < -0.3 is 20.7 Å². The number of carbonyl (C=O) groups excluding carboxylic acids is 1. The van der Waals surface area contributed by atoms with Crippen LogP contribution in [0.25, 0.3) is 0 Å². The average Bonchev–Trinajstić information content (AvgIpc) is 2.45. The second-order valence-corrected chi connectivity index (χ2v) is 4.68. The van der Waals surface area contributed by atoms with Crippen LogP contribution < -0.4 is 16.0 Å². The lowest BCUT2D eigenvalue weighted by Crippen LogP contribution is -2.38.